The highest BCUT2D eigenvalue weighted by atomic mass is 16.5. The van der Waals surface area contributed by atoms with Crippen LogP contribution in [0, 0.1) is 0 Å². The average Bonchev–Trinajstić information content (AvgIpc) is 2.75. The smallest absolute Gasteiger partial charge is 0.124 e. The van der Waals surface area contributed by atoms with Crippen molar-refractivity contribution in [3.63, 3.8) is 0 Å². The van der Waals surface area contributed by atoms with Gasteiger partial charge in [-0.2, -0.15) is 0 Å². The Morgan fingerprint density at radius 2 is 2.26 bits per heavy atom. The lowest BCUT2D eigenvalue weighted by Crippen LogP contribution is -2.28. The van der Waals surface area contributed by atoms with Crippen LogP contribution in [0.4, 0.5) is 0 Å². The summed E-state index contributed by atoms with van der Waals surface area (Å²) < 4.78 is 11.6. The molecule has 2 unspecified atom stereocenters. The van der Waals surface area contributed by atoms with Gasteiger partial charge >= 0.3 is 0 Å². The molecule has 0 spiro atoms. The van der Waals surface area contributed by atoms with Gasteiger partial charge in [0.25, 0.3) is 0 Å². The SMILES string of the molecule is CCNC(CN)c1cc2c(cc1OCC)CC(C)O2. The minimum atomic E-state index is 0.108. The second-order valence-electron chi connectivity index (χ2n) is 4.91. The van der Waals surface area contributed by atoms with E-state index in [1.54, 1.807) is 0 Å². The molecule has 2 rings (SSSR count). The quantitative estimate of drug-likeness (QED) is 0.825. The predicted octanol–water partition coefficient (Wildman–Crippen LogP) is 2.02. The number of benzene rings is 1. The molecule has 0 saturated heterocycles. The summed E-state index contributed by atoms with van der Waals surface area (Å²) in [5.41, 5.74) is 8.19. The van der Waals surface area contributed by atoms with Gasteiger partial charge in [0.05, 0.1) is 6.61 Å². The molecule has 0 fully saturated rings. The Labute approximate surface area is 115 Å². The molecule has 0 aliphatic carbocycles. The zero-order chi connectivity index (χ0) is 13.8. The Morgan fingerprint density at radius 3 is 2.89 bits per heavy atom. The third kappa shape index (κ3) is 3.01. The van der Waals surface area contributed by atoms with Crippen LogP contribution in [0.25, 0.3) is 0 Å². The van der Waals surface area contributed by atoms with Crippen LogP contribution in [0.3, 0.4) is 0 Å². The minimum Gasteiger partial charge on any atom is -0.494 e. The van der Waals surface area contributed by atoms with Gasteiger partial charge < -0.3 is 20.5 Å². The first-order valence-electron chi connectivity index (χ1n) is 7.09. The number of hydrogen-bond donors (Lipinski definition) is 2. The van der Waals surface area contributed by atoms with Crippen molar-refractivity contribution in [3.05, 3.63) is 23.3 Å². The number of likely N-dealkylation sites (N-methyl/N-ethyl adjacent to an activating group) is 1. The summed E-state index contributed by atoms with van der Waals surface area (Å²) >= 11 is 0. The summed E-state index contributed by atoms with van der Waals surface area (Å²) in [5, 5.41) is 3.39. The van der Waals surface area contributed by atoms with Crippen molar-refractivity contribution in [2.45, 2.75) is 39.3 Å². The van der Waals surface area contributed by atoms with E-state index >= 15 is 0 Å². The molecule has 3 N–H and O–H groups in total. The molecular formula is C15H24N2O2. The number of fused-ring (bicyclic) bond motifs is 1. The molecule has 1 aromatic rings. The zero-order valence-electron chi connectivity index (χ0n) is 12.0. The molecule has 1 aliphatic heterocycles. The Morgan fingerprint density at radius 1 is 1.47 bits per heavy atom. The molecule has 19 heavy (non-hydrogen) atoms. The molecule has 0 saturated carbocycles. The van der Waals surface area contributed by atoms with Crippen molar-refractivity contribution in [2.24, 2.45) is 5.73 Å². The standard InChI is InChI=1S/C15H24N2O2/c1-4-17-13(9-16)12-8-14-11(6-10(3)19-14)7-15(12)18-5-2/h7-8,10,13,17H,4-6,9,16H2,1-3H3. The zero-order valence-corrected chi connectivity index (χ0v) is 12.0. The van der Waals surface area contributed by atoms with Crippen molar-refractivity contribution in [3.8, 4) is 11.5 Å². The summed E-state index contributed by atoms with van der Waals surface area (Å²) in [6.07, 6.45) is 1.19. The molecule has 0 amide bonds. The van der Waals surface area contributed by atoms with Gasteiger partial charge in [-0.25, -0.2) is 0 Å². The van der Waals surface area contributed by atoms with Crippen molar-refractivity contribution in [1.82, 2.24) is 5.32 Å². The normalized spacial score (nSPS) is 18.8. The summed E-state index contributed by atoms with van der Waals surface area (Å²) in [5.74, 6) is 1.90. The maximum Gasteiger partial charge on any atom is 0.124 e. The molecular weight excluding hydrogens is 240 g/mol. The van der Waals surface area contributed by atoms with E-state index < -0.39 is 0 Å². The van der Waals surface area contributed by atoms with Gasteiger partial charge in [0.1, 0.15) is 17.6 Å². The van der Waals surface area contributed by atoms with Crippen LogP contribution >= 0.6 is 0 Å². The Balaban J connectivity index is 2.37. The lowest BCUT2D eigenvalue weighted by Gasteiger charge is -2.20. The molecule has 1 aromatic carbocycles. The summed E-state index contributed by atoms with van der Waals surface area (Å²) in [4.78, 5) is 0. The minimum absolute atomic E-state index is 0.108. The van der Waals surface area contributed by atoms with E-state index in [1.807, 2.05) is 6.92 Å². The van der Waals surface area contributed by atoms with Crippen molar-refractivity contribution >= 4 is 0 Å². The van der Waals surface area contributed by atoms with Gasteiger partial charge in [0.15, 0.2) is 0 Å². The van der Waals surface area contributed by atoms with Gasteiger partial charge in [-0.05, 0) is 32.5 Å². The fraction of sp³-hybridized carbons (Fsp3) is 0.600. The van der Waals surface area contributed by atoms with E-state index in [0.29, 0.717) is 13.2 Å². The highest BCUT2D eigenvalue weighted by Crippen LogP contribution is 2.37. The topological polar surface area (TPSA) is 56.5 Å². The highest BCUT2D eigenvalue weighted by Gasteiger charge is 2.24. The first-order chi connectivity index (χ1) is 9.19. The van der Waals surface area contributed by atoms with E-state index in [1.165, 1.54) is 5.56 Å². The van der Waals surface area contributed by atoms with E-state index in [9.17, 15) is 0 Å². The fourth-order valence-corrected chi connectivity index (χ4v) is 2.57. The third-order valence-corrected chi connectivity index (χ3v) is 3.39. The molecule has 0 bridgehead atoms. The second kappa shape index (κ2) is 6.26. The summed E-state index contributed by atoms with van der Waals surface area (Å²) in [6, 6.07) is 4.30. The van der Waals surface area contributed by atoms with Crippen LogP contribution in [0.1, 0.15) is 37.9 Å². The average molecular weight is 264 g/mol. The maximum absolute atomic E-state index is 5.87. The maximum atomic E-state index is 5.87. The Hall–Kier alpha value is -1.26. The summed E-state index contributed by atoms with van der Waals surface area (Å²) in [7, 11) is 0. The van der Waals surface area contributed by atoms with Gasteiger partial charge in [0, 0.05) is 30.1 Å². The van der Waals surface area contributed by atoms with E-state index in [-0.39, 0.29) is 12.1 Å². The first-order valence-corrected chi connectivity index (χ1v) is 7.09. The lowest BCUT2D eigenvalue weighted by molar-refractivity contribution is 0.254. The van der Waals surface area contributed by atoms with Gasteiger partial charge in [-0.3, -0.25) is 0 Å². The van der Waals surface area contributed by atoms with Gasteiger partial charge in [-0.15, -0.1) is 0 Å². The number of ether oxygens (including phenoxy) is 2. The lowest BCUT2D eigenvalue weighted by atomic mass is 10.0. The van der Waals surface area contributed by atoms with Gasteiger partial charge in [0.2, 0.25) is 0 Å². The molecule has 106 valence electrons. The van der Waals surface area contributed by atoms with E-state index in [2.05, 4.69) is 31.3 Å². The molecule has 4 heteroatoms. The number of rotatable bonds is 6. The molecule has 0 radical (unpaired) electrons. The molecule has 1 aliphatic rings. The molecule has 1 heterocycles. The van der Waals surface area contributed by atoms with Crippen LogP contribution in [-0.4, -0.2) is 25.8 Å². The molecule has 2 atom stereocenters. The fourth-order valence-electron chi connectivity index (χ4n) is 2.57. The van der Waals surface area contributed by atoms with Gasteiger partial charge in [-0.1, -0.05) is 6.92 Å². The van der Waals surface area contributed by atoms with Crippen LogP contribution in [-0.2, 0) is 6.42 Å². The number of nitrogens with two attached hydrogens (primary N) is 1. The number of hydrogen-bond acceptors (Lipinski definition) is 4. The van der Waals surface area contributed by atoms with E-state index in [0.717, 1.165) is 30.0 Å². The van der Waals surface area contributed by atoms with Crippen molar-refractivity contribution in [1.29, 1.82) is 0 Å². The Bertz CT molecular complexity index is 434. The van der Waals surface area contributed by atoms with Crippen LogP contribution in [0.2, 0.25) is 0 Å². The third-order valence-electron chi connectivity index (χ3n) is 3.39. The van der Waals surface area contributed by atoms with Crippen molar-refractivity contribution in [2.75, 3.05) is 19.7 Å². The highest BCUT2D eigenvalue weighted by molar-refractivity contribution is 5.50. The van der Waals surface area contributed by atoms with Crippen LogP contribution < -0.4 is 20.5 Å². The van der Waals surface area contributed by atoms with E-state index in [4.69, 9.17) is 15.2 Å². The predicted molar refractivity (Wildman–Crippen MR) is 76.9 cm³/mol. The summed E-state index contributed by atoms with van der Waals surface area (Å²) in [6.45, 7) is 8.25. The van der Waals surface area contributed by atoms with Crippen LogP contribution in [0.15, 0.2) is 12.1 Å². The second-order valence-corrected chi connectivity index (χ2v) is 4.91. The molecule has 4 nitrogen and oxygen atoms in total. The monoisotopic (exact) mass is 264 g/mol. The first kappa shape index (κ1) is 14.2. The van der Waals surface area contributed by atoms with Crippen LogP contribution in [0.5, 0.6) is 11.5 Å². The van der Waals surface area contributed by atoms with Crippen molar-refractivity contribution < 1.29 is 9.47 Å². The molecule has 0 aromatic heterocycles. The Kier molecular flexibility index (Phi) is 4.66. The number of nitrogens with one attached hydrogen (secondary N) is 1. The largest absolute Gasteiger partial charge is 0.494 e.